The number of para-hydroxylation sites is 2. The molecular formula is C46H80N2O2Zr. The van der Waals surface area contributed by atoms with Crippen LogP contribution >= 0.6 is 0 Å². The average Bonchev–Trinajstić information content (AvgIpc) is 2.91. The zero-order valence-electron chi connectivity index (χ0n) is 37.0. The smallest absolute Gasteiger partial charge is 0.507 e. The van der Waals surface area contributed by atoms with E-state index in [1.54, 1.807) is 0 Å². The summed E-state index contributed by atoms with van der Waals surface area (Å²) < 4.78 is 0. The second kappa shape index (κ2) is 23.1. The van der Waals surface area contributed by atoms with Crippen molar-refractivity contribution in [3.05, 3.63) is 58.7 Å². The van der Waals surface area contributed by atoms with Crippen molar-refractivity contribution in [2.24, 2.45) is 9.98 Å². The number of unbranched alkanes of at least 4 members (excludes halogenated alkanes) is 4. The van der Waals surface area contributed by atoms with Gasteiger partial charge in [-0.15, -0.1) is 0 Å². The van der Waals surface area contributed by atoms with Gasteiger partial charge >= 0.3 is 26.2 Å². The van der Waals surface area contributed by atoms with E-state index in [4.69, 9.17) is 0 Å². The first-order valence-corrected chi connectivity index (χ1v) is 19.0. The molecule has 0 atom stereocenters. The number of hydrogen-bond acceptors (Lipinski definition) is 4. The van der Waals surface area contributed by atoms with Crippen molar-refractivity contribution in [3.8, 4) is 11.5 Å². The summed E-state index contributed by atoms with van der Waals surface area (Å²) in [5.74, 6) is 0.912. The topological polar surface area (TPSA) is 65.2 Å². The molecule has 2 rings (SSSR count). The summed E-state index contributed by atoms with van der Waals surface area (Å²) in [4.78, 5) is 8.49. The molecule has 0 fully saturated rings. The van der Waals surface area contributed by atoms with Gasteiger partial charge in [0.1, 0.15) is 11.5 Å². The van der Waals surface area contributed by atoms with Crippen LogP contribution in [0.2, 0.25) is 0 Å². The van der Waals surface area contributed by atoms with Crippen LogP contribution in [0.25, 0.3) is 0 Å². The SMILES string of the molecule is CC(C)(C)c1cccc(C(C)(C)C)c1O.CC(C)(C)c1cccc(C(C)(C)C)c1O.CCCC[C-]=NC(C)(C)C.CCCC[C-]=NC(C)(C)C.[Zr+2]. The van der Waals surface area contributed by atoms with Crippen molar-refractivity contribution in [1.29, 1.82) is 0 Å². The first-order chi connectivity index (χ1) is 22.4. The molecule has 0 bridgehead atoms. The van der Waals surface area contributed by atoms with Crippen molar-refractivity contribution in [2.75, 3.05) is 0 Å². The molecule has 0 radical (unpaired) electrons. The third-order valence-electron chi connectivity index (χ3n) is 7.42. The van der Waals surface area contributed by atoms with Crippen molar-refractivity contribution in [3.63, 3.8) is 0 Å². The van der Waals surface area contributed by atoms with Gasteiger partial charge in [-0.2, -0.15) is 12.8 Å². The summed E-state index contributed by atoms with van der Waals surface area (Å²) in [5.41, 5.74) is 4.18. The normalized spacial score (nSPS) is 12.6. The van der Waals surface area contributed by atoms with E-state index in [1.807, 2.05) is 36.4 Å². The molecule has 0 saturated heterocycles. The zero-order chi connectivity index (χ0) is 39.8. The van der Waals surface area contributed by atoms with Gasteiger partial charge in [-0.1, -0.05) is 159 Å². The molecule has 0 heterocycles. The molecule has 0 aromatic heterocycles. The third kappa shape index (κ3) is 25.0. The molecule has 0 saturated carbocycles. The maximum Gasteiger partial charge on any atom is 2.00 e. The molecule has 0 unspecified atom stereocenters. The number of phenols is 2. The van der Waals surface area contributed by atoms with Crippen LogP contribution in [0.15, 0.2) is 46.4 Å². The Morgan fingerprint density at radius 3 is 0.824 bits per heavy atom. The van der Waals surface area contributed by atoms with Gasteiger partial charge in [-0.25, -0.2) is 0 Å². The van der Waals surface area contributed by atoms with E-state index in [-0.39, 0.29) is 58.9 Å². The van der Waals surface area contributed by atoms with E-state index in [0.29, 0.717) is 11.5 Å². The number of benzene rings is 2. The Hall–Kier alpha value is -1.74. The van der Waals surface area contributed by atoms with Gasteiger partial charge in [0, 0.05) is 11.1 Å². The van der Waals surface area contributed by atoms with Crippen molar-refractivity contribution in [2.45, 2.75) is 210 Å². The van der Waals surface area contributed by atoms with E-state index >= 15 is 0 Å². The van der Waals surface area contributed by atoms with E-state index in [2.05, 4.69) is 161 Å². The zero-order valence-corrected chi connectivity index (χ0v) is 39.5. The monoisotopic (exact) mass is 783 g/mol. The minimum Gasteiger partial charge on any atom is -0.507 e. The largest absolute Gasteiger partial charge is 2.00 e. The van der Waals surface area contributed by atoms with Gasteiger partial charge in [0.05, 0.1) is 0 Å². The van der Waals surface area contributed by atoms with E-state index in [1.165, 1.54) is 25.7 Å². The summed E-state index contributed by atoms with van der Waals surface area (Å²) >= 11 is 0. The number of aliphatic imine (C=N–C) groups is 2. The summed E-state index contributed by atoms with van der Waals surface area (Å²) in [5, 5.41) is 20.5. The van der Waals surface area contributed by atoms with Gasteiger partial charge in [-0.05, 0) is 85.5 Å². The van der Waals surface area contributed by atoms with Crippen molar-refractivity contribution < 1.29 is 36.4 Å². The summed E-state index contributed by atoms with van der Waals surface area (Å²) in [7, 11) is 0. The average molecular weight is 784 g/mol. The van der Waals surface area contributed by atoms with Crippen LogP contribution < -0.4 is 0 Å². The molecule has 2 aromatic rings. The number of hydrogen-bond donors (Lipinski definition) is 2. The van der Waals surface area contributed by atoms with Crippen molar-refractivity contribution in [1.82, 2.24) is 0 Å². The predicted octanol–water partition coefficient (Wildman–Crippen LogP) is 13.8. The predicted molar refractivity (Wildman–Crippen MR) is 224 cm³/mol. The minimum atomic E-state index is -0.00859. The fourth-order valence-electron chi connectivity index (χ4n) is 4.61. The quantitative estimate of drug-likeness (QED) is 0.174. The molecule has 290 valence electrons. The van der Waals surface area contributed by atoms with Crippen molar-refractivity contribution >= 4 is 12.4 Å². The fraction of sp³-hybridized carbons (Fsp3) is 0.696. The van der Waals surface area contributed by atoms with E-state index in [9.17, 15) is 10.2 Å². The molecule has 0 aliphatic rings. The Balaban J connectivity index is -0.000000611. The maximum atomic E-state index is 10.3. The van der Waals surface area contributed by atoms with Crippen LogP contribution in [0.3, 0.4) is 0 Å². The Morgan fingerprint density at radius 1 is 0.451 bits per heavy atom. The Labute approximate surface area is 337 Å². The maximum absolute atomic E-state index is 10.3. The van der Waals surface area contributed by atoms with E-state index in [0.717, 1.165) is 35.1 Å². The number of nitrogens with zero attached hydrogens (tertiary/aromatic N) is 2. The molecule has 5 heteroatoms. The molecule has 51 heavy (non-hydrogen) atoms. The number of aromatic hydroxyl groups is 2. The number of rotatable bonds is 6. The van der Waals surface area contributed by atoms with Crippen LogP contribution in [0.4, 0.5) is 0 Å². The van der Waals surface area contributed by atoms with Gasteiger partial charge in [0.25, 0.3) is 0 Å². The molecule has 4 nitrogen and oxygen atoms in total. The standard InChI is InChI=1S/2C14H22O.2C9H18N.Zr/c2*1-13(2,3)10-8-7-9-11(12(10)15)14(4,5)6;2*1-5-6-7-8-10-9(2,3)4;/h2*7-9,15H,1-6H3;2*5-7H2,1-4H3;/q;;2*-1;+2. The second-order valence-electron chi connectivity index (χ2n) is 19.5. The summed E-state index contributed by atoms with van der Waals surface area (Å²) in [6.07, 6.45) is 13.0. The van der Waals surface area contributed by atoms with Crippen LogP contribution in [0, 0.1) is 0 Å². The first kappa shape index (κ1) is 53.6. The van der Waals surface area contributed by atoms with Gasteiger partial charge in [-0.3, -0.25) is 0 Å². The molecule has 2 N–H and O–H groups in total. The molecule has 2 aromatic carbocycles. The molecule has 0 amide bonds. The van der Waals surface area contributed by atoms with Crippen LogP contribution in [0.5, 0.6) is 11.5 Å². The Kier molecular flexibility index (Phi) is 24.3. The Bertz CT molecular complexity index is 1120. The van der Waals surface area contributed by atoms with Crippen LogP contribution in [-0.4, -0.2) is 33.7 Å². The summed E-state index contributed by atoms with van der Waals surface area (Å²) in [6.45, 7) is 42.3. The summed E-state index contributed by atoms with van der Waals surface area (Å²) in [6, 6.07) is 12.1. The van der Waals surface area contributed by atoms with Gasteiger partial charge in [0.15, 0.2) is 0 Å². The van der Waals surface area contributed by atoms with Gasteiger partial charge in [0.2, 0.25) is 0 Å². The van der Waals surface area contributed by atoms with Crippen LogP contribution in [-0.2, 0) is 47.9 Å². The van der Waals surface area contributed by atoms with E-state index < -0.39 is 0 Å². The van der Waals surface area contributed by atoms with Crippen LogP contribution in [0.1, 0.15) is 199 Å². The molecular weight excluding hydrogens is 704 g/mol. The second-order valence-corrected chi connectivity index (χ2v) is 19.5. The molecule has 0 aliphatic heterocycles. The fourth-order valence-corrected chi connectivity index (χ4v) is 4.61. The first-order valence-electron chi connectivity index (χ1n) is 19.0. The molecule has 0 spiro atoms. The third-order valence-corrected chi connectivity index (χ3v) is 7.42. The minimum absolute atomic E-state index is 0. The van der Waals surface area contributed by atoms with Gasteiger partial charge < -0.3 is 32.6 Å². The Morgan fingerprint density at radius 2 is 0.667 bits per heavy atom. The number of phenolic OH excluding ortho intramolecular Hbond substituents is 2. The molecule has 0 aliphatic carbocycles.